The van der Waals surface area contributed by atoms with E-state index in [0.29, 0.717) is 6.54 Å². The second-order valence-corrected chi connectivity index (χ2v) is 7.24. The summed E-state index contributed by atoms with van der Waals surface area (Å²) in [6.07, 6.45) is 2.12. The molecular formula is C21H28N4O. The maximum atomic E-state index is 13.2. The molecule has 1 aromatic heterocycles. The lowest BCUT2D eigenvalue weighted by Crippen LogP contribution is -2.51. The first-order valence-corrected chi connectivity index (χ1v) is 9.70. The van der Waals surface area contributed by atoms with Gasteiger partial charge in [0.15, 0.2) is 0 Å². The van der Waals surface area contributed by atoms with E-state index < -0.39 is 0 Å². The summed E-state index contributed by atoms with van der Waals surface area (Å²) in [5.74, 6) is 0.247. The van der Waals surface area contributed by atoms with Crippen molar-refractivity contribution >= 4 is 5.91 Å². The quantitative estimate of drug-likeness (QED) is 0.844. The van der Waals surface area contributed by atoms with Gasteiger partial charge in [0.1, 0.15) is 0 Å². The van der Waals surface area contributed by atoms with Crippen molar-refractivity contribution in [3.05, 3.63) is 59.9 Å². The summed E-state index contributed by atoms with van der Waals surface area (Å²) in [6.45, 7) is 9.58. The van der Waals surface area contributed by atoms with Gasteiger partial charge in [0.05, 0.1) is 12.6 Å². The minimum absolute atomic E-state index is 0.0179. The summed E-state index contributed by atoms with van der Waals surface area (Å²) in [5, 5.41) is 0. The first-order valence-electron chi connectivity index (χ1n) is 9.70. The summed E-state index contributed by atoms with van der Waals surface area (Å²) < 4.78 is 2.28. The van der Waals surface area contributed by atoms with Crippen LogP contribution in [0.2, 0.25) is 0 Å². The van der Waals surface area contributed by atoms with Gasteiger partial charge in [-0.25, -0.2) is 0 Å². The van der Waals surface area contributed by atoms with Gasteiger partial charge in [0.25, 0.3) is 0 Å². The van der Waals surface area contributed by atoms with Crippen LogP contribution in [0.5, 0.6) is 0 Å². The van der Waals surface area contributed by atoms with Gasteiger partial charge in [0.2, 0.25) is 5.91 Å². The predicted octanol–water partition coefficient (Wildman–Crippen LogP) is 2.06. The average molecular weight is 352 g/mol. The van der Waals surface area contributed by atoms with Gasteiger partial charge in [-0.05, 0) is 24.2 Å². The minimum Gasteiger partial charge on any atom is -0.348 e. The van der Waals surface area contributed by atoms with E-state index >= 15 is 0 Å². The van der Waals surface area contributed by atoms with Crippen molar-refractivity contribution in [1.29, 1.82) is 0 Å². The summed E-state index contributed by atoms with van der Waals surface area (Å²) in [6, 6.07) is 14.7. The van der Waals surface area contributed by atoms with Gasteiger partial charge in [-0.3, -0.25) is 9.69 Å². The maximum absolute atomic E-state index is 13.2. The molecule has 138 valence electrons. The standard InChI is InChI=1S/C21H28N4O/c1-2-22-11-13-23(14-12-22)17-20(26)25-16-15-24-10-6-9-19(24)21(25)18-7-4-3-5-8-18/h3-10,21H,2,11-17H2,1H3. The molecule has 2 aromatic rings. The first kappa shape index (κ1) is 17.3. The molecule has 0 N–H and O–H groups in total. The molecule has 5 nitrogen and oxygen atoms in total. The third-order valence-corrected chi connectivity index (χ3v) is 5.74. The third kappa shape index (κ3) is 3.41. The Balaban J connectivity index is 1.52. The largest absolute Gasteiger partial charge is 0.348 e. The molecule has 0 saturated carbocycles. The molecule has 2 aliphatic rings. The first-order chi connectivity index (χ1) is 12.8. The van der Waals surface area contributed by atoms with Gasteiger partial charge in [-0.2, -0.15) is 0 Å². The second kappa shape index (κ2) is 7.64. The number of aromatic nitrogens is 1. The fourth-order valence-corrected chi connectivity index (χ4v) is 4.18. The summed E-state index contributed by atoms with van der Waals surface area (Å²) in [4.78, 5) is 20.0. The Bertz CT molecular complexity index is 733. The Kier molecular flexibility index (Phi) is 5.09. The smallest absolute Gasteiger partial charge is 0.237 e. The lowest BCUT2D eigenvalue weighted by Gasteiger charge is -2.39. The zero-order valence-electron chi connectivity index (χ0n) is 15.6. The number of carbonyl (C=O) groups excluding carboxylic acids is 1. The van der Waals surface area contributed by atoms with E-state index in [1.54, 1.807) is 0 Å². The lowest BCUT2D eigenvalue weighted by atomic mass is 10.00. The lowest BCUT2D eigenvalue weighted by molar-refractivity contribution is -0.135. The molecule has 26 heavy (non-hydrogen) atoms. The van der Waals surface area contributed by atoms with E-state index in [0.717, 1.165) is 45.8 Å². The topological polar surface area (TPSA) is 31.7 Å². The molecular weight excluding hydrogens is 324 g/mol. The zero-order chi connectivity index (χ0) is 17.9. The fourth-order valence-electron chi connectivity index (χ4n) is 4.18. The second-order valence-electron chi connectivity index (χ2n) is 7.24. The number of fused-ring (bicyclic) bond motifs is 1. The van der Waals surface area contributed by atoms with Crippen molar-refractivity contribution < 1.29 is 4.79 Å². The van der Waals surface area contributed by atoms with Gasteiger partial charge in [-0.15, -0.1) is 0 Å². The molecule has 4 rings (SSSR count). The Morgan fingerprint density at radius 2 is 1.65 bits per heavy atom. The normalized spacial score (nSPS) is 21.6. The number of nitrogens with zero attached hydrogens (tertiary/aromatic N) is 4. The number of rotatable bonds is 4. The third-order valence-electron chi connectivity index (χ3n) is 5.74. The van der Waals surface area contributed by atoms with E-state index in [4.69, 9.17) is 0 Å². The van der Waals surface area contributed by atoms with Crippen LogP contribution in [0, 0.1) is 0 Å². The highest BCUT2D eigenvalue weighted by molar-refractivity contribution is 5.79. The summed E-state index contributed by atoms with van der Waals surface area (Å²) in [7, 11) is 0. The number of amides is 1. The van der Waals surface area contributed by atoms with E-state index in [9.17, 15) is 4.79 Å². The van der Waals surface area contributed by atoms with Crippen molar-refractivity contribution in [2.45, 2.75) is 19.5 Å². The van der Waals surface area contributed by atoms with Crippen LogP contribution in [0.1, 0.15) is 24.2 Å². The molecule has 0 bridgehead atoms. The number of benzene rings is 1. The fraction of sp³-hybridized carbons (Fsp3) is 0.476. The number of piperazine rings is 1. The predicted molar refractivity (Wildman–Crippen MR) is 103 cm³/mol. The average Bonchev–Trinajstić information content (AvgIpc) is 3.17. The van der Waals surface area contributed by atoms with Gasteiger partial charge < -0.3 is 14.4 Å². The Morgan fingerprint density at radius 1 is 0.923 bits per heavy atom. The van der Waals surface area contributed by atoms with Crippen LogP contribution in [-0.4, -0.2) is 71.0 Å². The Labute approximate surface area is 155 Å². The van der Waals surface area contributed by atoms with Crippen LogP contribution in [0.15, 0.2) is 48.7 Å². The van der Waals surface area contributed by atoms with Crippen LogP contribution in [0.25, 0.3) is 0 Å². The monoisotopic (exact) mass is 352 g/mol. The van der Waals surface area contributed by atoms with Gasteiger partial charge >= 0.3 is 0 Å². The highest BCUT2D eigenvalue weighted by Crippen LogP contribution is 2.32. The molecule has 1 fully saturated rings. The van der Waals surface area contributed by atoms with Crippen molar-refractivity contribution in [1.82, 2.24) is 19.3 Å². The molecule has 1 aromatic carbocycles. The number of hydrogen-bond acceptors (Lipinski definition) is 3. The SMILES string of the molecule is CCN1CCN(CC(=O)N2CCn3cccc3C2c2ccccc2)CC1. The molecule has 0 aliphatic carbocycles. The molecule has 5 heteroatoms. The number of likely N-dealkylation sites (N-methyl/N-ethyl adjacent to an activating group) is 1. The van der Waals surface area contributed by atoms with Gasteiger partial charge in [0, 0.05) is 51.2 Å². The molecule has 0 spiro atoms. The van der Waals surface area contributed by atoms with E-state index in [2.05, 4.69) is 68.8 Å². The van der Waals surface area contributed by atoms with Crippen molar-refractivity contribution in [3.63, 3.8) is 0 Å². The maximum Gasteiger partial charge on any atom is 0.237 e. The Hall–Kier alpha value is -2.11. The molecule has 1 atom stereocenters. The highest BCUT2D eigenvalue weighted by atomic mass is 16.2. The van der Waals surface area contributed by atoms with E-state index in [-0.39, 0.29) is 11.9 Å². The van der Waals surface area contributed by atoms with Gasteiger partial charge in [-0.1, -0.05) is 37.3 Å². The summed E-state index contributed by atoms with van der Waals surface area (Å²) >= 11 is 0. The van der Waals surface area contributed by atoms with Crippen molar-refractivity contribution in [2.24, 2.45) is 0 Å². The summed E-state index contributed by atoms with van der Waals surface area (Å²) in [5.41, 5.74) is 2.41. The molecule has 1 unspecified atom stereocenters. The van der Waals surface area contributed by atoms with Crippen LogP contribution in [0.3, 0.4) is 0 Å². The molecule has 1 amide bonds. The Morgan fingerprint density at radius 3 is 2.38 bits per heavy atom. The molecule has 2 aliphatic heterocycles. The van der Waals surface area contributed by atoms with Crippen LogP contribution in [-0.2, 0) is 11.3 Å². The van der Waals surface area contributed by atoms with E-state index in [1.165, 1.54) is 11.3 Å². The van der Waals surface area contributed by atoms with Crippen molar-refractivity contribution in [2.75, 3.05) is 45.8 Å². The molecule has 0 radical (unpaired) electrons. The van der Waals surface area contributed by atoms with Crippen LogP contribution in [0.4, 0.5) is 0 Å². The molecule has 3 heterocycles. The van der Waals surface area contributed by atoms with Crippen LogP contribution >= 0.6 is 0 Å². The zero-order valence-corrected chi connectivity index (χ0v) is 15.6. The van der Waals surface area contributed by atoms with Crippen LogP contribution < -0.4 is 0 Å². The minimum atomic E-state index is 0.0179. The van der Waals surface area contributed by atoms with Crippen molar-refractivity contribution in [3.8, 4) is 0 Å². The van der Waals surface area contributed by atoms with E-state index in [1.807, 2.05) is 6.07 Å². The number of carbonyl (C=O) groups is 1. The molecule has 1 saturated heterocycles. The highest BCUT2D eigenvalue weighted by Gasteiger charge is 2.32. The number of hydrogen-bond donors (Lipinski definition) is 0.